The van der Waals surface area contributed by atoms with E-state index < -0.39 is 12.1 Å². The third kappa shape index (κ3) is 41.7. The van der Waals surface area contributed by atoms with Crippen LogP contribution >= 0.6 is 0 Å². The summed E-state index contributed by atoms with van der Waals surface area (Å²) in [7, 11) is 0. The lowest BCUT2D eigenvalue weighted by Crippen LogP contribution is -2.30. The van der Waals surface area contributed by atoms with Crippen molar-refractivity contribution in [1.29, 1.82) is 0 Å². The third-order valence-corrected chi connectivity index (χ3v) is 9.12. The molecule has 0 radical (unpaired) electrons. The molecule has 318 valence electrons. The highest BCUT2D eigenvalue weighted by Gasteiger charge is 2.19. The Balaban J connectivity index is 4.52. The Kier molecular flexibility index (Phi) is 41.6. The van der Waals surface area contributed by atoms with Gasteiger partial charge in [0.2, 0.25) is 0 Å². The van der Waals surface area contributed by atoms with Crippen molar-refractivity contribution in [2.24, 2.45) is 0 Å². The Morgan fingerprint density at radius 2 is 0.750 bits per heavy atom. The molecule has 0 saturated heterocycles. The zero-order valence-electron chi connectivity index (χ0n) is 36.1. The van der Waals surface area contributed by atoms with Gasteiger partial charge in [-0.05, 0) is 96.3 Å². The van der Waals surface area contributed by atoms with Crippen LogP contribution in [0.25, 0.3) is 0 Å². The molecule has 0 bridgehead atoms. The van der Waals surface area contributed by atoms with Gasteiger partial charge in [0.15, 0.2) is 6.10 Å². The Hall–Kier alpha value is -3.41. The van der Waals surface area contributed by atoms with Crippen LogP contribution in [0.5, 0.6) is 0 Å². The summed E-state index contributed by atoms with van der Waals surface area (Å²) in [5, 5.41) is 0. The lowest BCUT2D eigenvalue weighted by molar-refractivity contribution is -0.166. The number of hydrogen-bond donors (Lipinski definition) is 0. The predicted octanol–water partition coefficient (Wildman–Crippen LogP) is 14.5. The molecule has 0 fully saturated rings. The molecular weight excluding hydrogens is 697 g/mol. The summed E-state index contributed by atoms with van der Waals surface area (Å²) in [6.45, 7) is 6.35. The van der Waals surface area contributed by atoms with Crippen LogP contribution in [0.1, 0.15) is 194 Å². The van der Waals surface area contributed by atoms with E-state index in [2.05, 4.69) is 99.8 Å². The molecule has 56 heavy (non-hydrogen) atoms. The molecule has 0 aliphatic carbocycles. The van der Waals surface area contributed by atoms with Crippen LogP contribution in [-0.2, 0) is 28.6 Å². The standard InChI is InChI=1S/C50H82O6/c1-4-7-10-13-16-19-21-23-24-25-27-28-31-34-37-40-43-49(52)55-46-47(45-54-48(51)42-39-36-33-30-18-15-12-9-6-3)56-50(53)44-41-38-35-32-29-26-22-20-17-14-11-8-5-2/h7,10,16,19,23-24,26-30,33,35,38,47H,4-6,8-9,11-15,17-18,20-22,25,31-32,34,36-37,39-46H2,1-3H3/b10-7-,19-16-,24-23-,28-27-,29-26-,33-30-,38-35-. The van der Waals surface area contributed by atoms with Crippen LogP contribution in [0, 0.1) is 0 Å². The molecule has 1 atom stereocenters. The molecule has 1 unspecified atom stereocenters. The molecule has 0 N–H and O–H groups in total. The van der Waals surface area contributed by atoms with E-state index in [0.717, 1.165) is 77.0 Å². The van der Waals surface area contributed by atoms with E-state index >= 15 is 0 Å². The first kappa shape index (κ1) is 52.6. The largest absolute Gasteiger partial charge is 0.462 e. The second-order valence-electron chi connectivity index (χ2n) is 14.6. The first-order valence-electron chi connectivity index (χ1n) is 22.6. The fourth-order valence-corrected chi connectivity index (χ4v) is 5.72. The van der Waals surface area contributed by atoms with Gasteiger partial charge in [0.1, 0.15) is 13.2 Å². The normalized spacial score (nSPS) is 12.8. The topological polar surface area (TPSA) is 78.9 Å². The zero-order valence-corrected chi connectivity index (χ0v) is 36.1. The Morgan fingerprint density at radius 1 is 0.375 bits per heavy atom. The molecule has 0 rings (SSSR count). The number of ether oxygens (including phenoxy) is 3. The maximum atomic E-state index is 12.7. The SMILES string of the molecule is CC/C=C\C/C=C\C/C=C\C/C=C\CCCCCC(=O)OCC(COC(=O)CCC/C=C\CCCCCC)OC(=O)CC/C=C\C/C=C\CCCCCCCC. The van der Waals surface area contributed by atoms with Gasteiger partial charge >= 0.3 is 17.9 Å². The highest BCUT2D eigenvalue weighted by atomic mass is 16.6. The Bertz CT molecular complexity index is 1120. The second kappa shape index (κ2) is 44.3. The minimum atomic E-state index is -0.828. The summed E-state index contributed by atoms with van der Waals surface area (Å²) in [5.41, 5.74) is 0. The number of carbonyl (C=O) groups excluding carboxylic acids is 3. The van der Waals surface area contributed by atoms with E-state index in [0.29, 0.717) is 25.7 Å². The summed E-state index contributed by atoms with van der Waals surface area (Å²) in [5.74, 6) is -1.07. The van der Waals surface area contributed by atoms with Crippen LogP contribution in [-0.4, -0.2) is 37.2 Å². The van der Waals surface area contributed by atoms with Crippen LogP contribution in [0.15, 0.2) is 85.1 Å². The fraction of sp³-hybridized carbons (Fsp3) is 0.660. The first-order valence-corrected chi connectivity index (χ1v) is 22.6. The number of esters is 3. The molecule has 0 spiro atoms. The Morgan fingerprint density at radius 3 is 1.27 bits per heavy atom. The molecule has 0 aromatic rings. The van der Waals surface area contributed by atoms with Crippen molar-refractivity contribution in [2.75, 3.05) is 13.2 Å². The van der Waals surface area contributed by atoms with Gasteiger partial charge in [-0.15, -0.1) is 0 Å². The summed E-state index contributed by atoms with van der Waals surface area (Å²) in [6, 6.07) is 0. The second-order valence-corrected chi connectivity index (χ2v) is 14.6. The number of hydrogen-bond acceptors (Lipinski definition) is 6. The van der Waals surface area contributed by atoms with Crippen molar-refractivity contribution in [3.05, 3.63) is 85.1 Å². The lowest BCUT2D eigenvalue weighted by Gasteiger charge is -2.18. The molecular formula is C50H82O6. The molecule has 0 heterocycles. The van der Waals surface area contributed by atoms with E-state index in [4.69, 9.17) is 14.2 Å². The van der Waals surface area contributed by atoms with Crippen LogP contribution in [0.3, 0.4) is 0 Å². The number of unbranched alkanes of at least 4 members (excludes halogenated alkanes) is 14. The van der Waals surface area contributed by atoms with Crippen molar-refractivity contribution in [3.63, 3.8) is 0 Å². The van der Waals surface area contributed by atoms with Crippen molar-refractivity contribution in [1.82, 2.24) is 0 Å². The van der Waals surface area contributed by atoms with Crippen LogP contribution < -0.4 is 0 Å². The van der Waals surface area contributed by atoms with E-state index in [-0.39, 0.29) is 31.6 Å². The molecule has 6 nitrogen and oxygen atoms in total. The van der Waals surface area contributed by atoms with E-state index in [1.54, 1.807) is 0 Å². The number of carbonyl (C=O) groups is 3. The van der Waals surface area contributed by atoms with Gasteiger partial charge in [-0.3, -0.25) is 14.4 Å². The first-order chi connectivity index (χ1) is 27.5. The minimum Gasteiger partial charge on any atom is -0.462 e. The van der Waals surface area contributed by atoms with Crippen molar-refractivity contribution in [3.8, 4) is 0 Å². The number of rotatable bonds is 39. The average molecular weight is 779 g/mol. The average Bonchev–Trinajstić information content (AvgIpc) is 3.19. The molecule has 0 aromatic carbocycles. The third-order valence-electron chi connectivity index (χ3n) is 9.12. The zero-order chi connectivity index (χ0) is 40.8. The molecule has 6 heteroatoms. The van der Waals surface area contributed by atoms with E-state index in [1.165, 1.54) is 64.2 Å². The Labute approximate surface area is 344 Å². The van der Waals surface area contributed by atoms with Crippen LogP contribution in [0.2, 0.25) is 0 Å². The van der Waals surface area contributed by atoms with E-state index in [1.807, 2.05) is 6.08 Å². The summed E-state index contributed by atoms with van der Waals surface area (Å²) in [4.78, 5) is 37.6. The summed E-state index contributed by atoms with van der Waals surface area (Å²) in [6.07, 6.45) is 55.9. The smallest absolute Gasteiger partial charge is 0.306 e. The van der Waals surface area contributed by atoms with Crippen molar-refractivity contribution >= 4 is 17.9 Å². The molecule has 0 saturated carbocycles. The fourth-order valence-electron chi connectivity index (χ4n) is 5.72. The van der Waals surface area contributed by atoms with Gasteiger partial charge in [-0.1, -0.05) is 164 Å². The summed E-state index contributed by atoms with van der Waals surface area (Å²) >= 11 is 0. The van der Waals surface area contributed by atoms with Crippen LogP contribution in [0.4, 0.5) is 0 Å². The molecule has 0 amide bonds. The highest BCUT2D eigenvalue weighted by molar-refractivity contribution is 5.71. The molecule has 0 aromatic heterocycles. The van der Waals surface area contributed by atoms with Crippen molar-refractivity contribution in [2.45, 2.75) is 200 Å². The van der Waals surface area contributed by atoms with Gasteiger partial charge in [-0.2, -0.15) is 0 Å². The number of allylic oxidation sites excluding steroid dienone is 14. The lowest BCUT2D eigenvalue weighted by atomic mass is 10.1. The maximum Gasteiger partial charge on any atom is 0.306 e. The van der Waals surface area contributed by atoms with Gasteiger partial charge < -0.3 is 14.2 Å². The molecule has 0 aliphatic heterocycles. The quantitative estimate of drug-likeness (QED) is 0.0268. The van der Waals surface area contributed by atoms with Gasteiger partial charge in [0.05, 0.1) is 0 Å². The van der Waals surface area contributed by atoms with Crippen molar-refractivity contribution < 1.29 is 28.6 Å². The van der Waals surface area contributed by atoms with Gasteiger partial charge in [0, 0.05) is 19.3 Å². The maximum absolute atomic E-state index is 12.7. The monoisotopic (exact) mass is 779 g/mol. The van der Waals surface area contributed by atoms with Gasteiger partial charge in [-0.25, -0.2) is 0 Å². The summed E-state index contributed by atoms with van der Waals surface area (Å²) < 4.78 is 16.6. The highest BCUT2D eigenvalue weighted by Crippen LogP contribution is 2.10. The predicted molar refractivity (Wildman–Crippen MR) is 237 cm³/mol. The van der Waals surface area contributed by atoms with Gasteiger partial charge in [0.25, 0.3) is 0 Å². The molecule has 0 aliphatic rings. The minimum absolute atomic E-state index is 0.125. The van der Waals surface area contributed by atoms with E-state index in [9.17, 15) is 14.4 Å².